The molecule has 2 amide bonds. The third-order valence-corrected chi connectivity index (χ3v) is 7.42. The van der Waals surface area contributed by atoms with Crippen LogP contribution in [0.3, 0.4) is 0 Å². The van der Waals surface area contributed by atoms with E-state index in [0.717, 1.165) is 5.56 Å². The van der Waals surface area contributed by atoms with Crippen molar-refractivity contribution in [1.82, 2.24) is 24.1 Å². The van der Waals surface area contributed by atoms with Gasteiger partial charge in [-0.3, -0.25) is 9.59 Å². The van der Waals surface area contributed by atoms with Gasteiger partial charge in [-0.05, 0) is 51.6 Å². The molecular formula is C22H32N6O4S. The third kappa shape index (κ3) is 6.40. The van der Waals surface area contributed by atoms with Crippen molar-refractivity contribution in [3.8, 4) is 0 Å². The number of benzene rings is 1. The van der Waals surface area contributed by atoms with E-state index < -0.39 is 10.0 Å². The topological polar surface area (TPSA) is 117 Å². The first-order valence-electron chi connectivity index (χ1n) is 10.9. The second-order valence-corrected chi connectivity index (χ2v) is 10.5. The molecule has 2 aromatic rings. The molecule has 0 atom stereocenters. The minimum absolute atomic E-state index is 0.0444. The smallest absolute Gasteiger partial charge is 0.262 e. The van der Waals surface area contributed by atoms with Crippen molar-refractivity contribution in [2.24, 2.45) is 13.0 Å². The van der Waals surface area contributed by atoms with E-state index in [-0.39, 0.29) is 42.4 Å². The number of sulfonamides is 1. The molecule has 11 heteroatoms. The van der Waals surface area contributed by atoms with Crippen molar-refractivity contribution in [3.63, 3.8) is 0 Å². The van der Waals surface area contributed by atoms with Gasteiger partial charge in [0.2, 0.25) is 11.8 Å². The zero-order valence-electron chi connectivity index (χ0n) is 19.5. The van der Waals surface area contributed by atoms with Crippen LogP contribution in [0.25, 0.3) is 0 Å². The maximum atomic E-state index is 12.8. The van der Waals surface area contributed by atoms with Crippen LogP contribution in [0.15, 0.2) is 35.5 Å². The largest absolute Gasteiger partial charge is 0.352 e. The Kier molecular flexibility index (Phi) is 7.88. The number of imidazole rings is 1. The van der Waals surface area contributed by atoms with Gasteiger partial charge >= 0.3 is 0 Å². The standard InChI is InChI=1S/C22H32N6O4S/c1-16-24-21(15-27(16)4)33(31,32)28-10-8-18(9-11-28)22(30)23-13-17-6-5-7-19(12-17)25-20(29)14-26(2)3/h5-7,12,15,18H,8-11,13-14H2,1-4H3,(H,23,30)(H,25,29). The molecule has 0 spiro atoms. The zero-order chi connectivity index (χ0) is 24.2. The van der Waals surface area contributed by atoms with E-state index in [1.54, 1.807) is 29.5 Å². The summed E-state index contributed by atoms with van der Waals surface area (Å²) in [6.07, 6.45) is 2.43. The normalized spacial score (nSPS) is 15.5. The molecule has 2 heterocycles. The summed E-state index contributed by atoms with van der Waals surface area (Å²) in [5, 5.41) is 5.82. The number of aromatic nitrogens is 2. The lowest BCUT2D eigenvalue weighted by molar-refractivity contribution is -0.126. The molecule has 0 saturated carbocycles. The molecule has 1 aliphatic heterocycles. The van der Waals surface area contributed by atoms with Crippen molar-refractivity contribution >= 4 is 27.5 Å². The summed E-state index contributed by atoms with van der Waals surface area (Å²) >= 11 is 0. The molecule has 2 N–H and O–H groups in total. The molecule has 0 aliphatic carbocycles. The summed E-state index contributed by atoms with van der Waals surface area (Å²) in [5.74, 6) is 0.181. The number of likely N-dealkylation sites (N-methyl/N-ethyl adjacent to an activating group) is 1. The molecule has 0 bridgehead atoms. The predicted octanol–water partition coefficient (Wildman–Crippen LogP) is 0.946. The van der Waals surface area contributed by atoms with Gasteiger partial charge in [-0.15, -0.1) is 0 Å². The highest BCUT2D eigenvalue weighted by Crippen LogP contribution is 2.24. The summed E-state index contributed by atoms with van der Waals surface area (Å²) < 4.78 is 28.7. The lowest BCUT2D eigenvalue weighted by atomic mass is 9.97. The number of carbonyl (C=O) groups is 2. The average Bonchev–Trinajstić information content (AvgIpc) is 3.11. The first kappa shape index (κ1) is 24.9. The summed E-state index contributed by atoms with van der Waals surface area (Å²) in [7, 11) is 1.75. The maximum Gasteiger partial charge on any atom is 0.262 e. The van der Waals surface area contributed by atoms with Crippen LogP contribution in [-0.4, -0.2) is 72.7 Å². The lowest BCUT2D eigenvalue weighted by Crippen LogP contribution is -2.43. The average molecular weight is 477 g/mol. The Morgan fingerprint density at radius 3 is 2.52 bits per heavy atom. The van der Waals surface area contributed by atoms with E-state index in [9.17, 15) is 18.0 Å². The molecular weight excluding hydrogens is 444 g/mol. The number of rotatable bonds is 8. The van der Waals surface area contributed by atoms with Crippen molar-refractivity contribution in [3.05, 3.63) is 41.9 Å². The predicted molar refractivity (Wildman–Crippen MR) is 125 cm³/mol. The maximum absolute atomic E-state index is 12.8. The molecule has 180 valence electrons. The first-order chi connectivity index (χ1) is 15.6. The fourth-order valence-electron chi connectivity index (χ4n) is 3.72. The molecule has 1 aliphatic rings. The Labute approximate surface area is 195 Å². The Morgan fingerprint density at radius 2 is 1.91 bits per heavy atom. The molecule has 33 heavy (non-hydrogen) atoms. The van der Waals surface area contributed by atoms with Crippen LogP contribution >= 0.6 is 0 Å². The van der Waals surface area contributed by atoms with E-state index in [4.69, 9.17) is 0 Å². The Hall–Kier alpha value is -2.76. The van der Waals surface area contributed by atoms with Crippen LogP contribution in [0.2, 0.25) is 0 Å². The summed E-state index contributed by atoms with van der Waals surface area (Å²) in [5.41, 5.74) is 1.55. The van der Waals surface area contributed by atoms with Crippen molar-refractivity contribution in [2.75, 3.05) is 39.0 Å². The van der Waals surface area contributed by atoms with Gasteiger partial charge in [0.25, 0.3) is 10.0 Å². The first-order valence-corrected chi connectivity index (χ1v) is 12.3. The Bertz CT molecular complexity index is 1080. The van der Waals surface area contributed by atoms with E-state index in [1.807, 2.05) is 32.3 Å². The Morgan fingerprint density at radius 1 is 1.21 bits per heavy atom. The molecule has 0 unspecified atom stereocenters. The number of hydrogen-bond acceptors (Lipinski definition) is 6. The van der Waals surface area contributed by atoms with Crippen LogP contribution in [0.5, 0.6) is 0 Å². The summed E-state index contributed by atoms with van der Waals surface area (Å²) in [6.45, 7) is 2.94. The molecule has 1 aromatic carbocycles. The second kappa shape index (κ2) is 10.4. The minimum atomic E-state index is -3.66. The highest BCUT2D eigenvalue weighted by Gasteiger charge is 2.33. The third-order valence-electron chi connectivity index (χ3n) is 5.65. The minimum Gasteiger partial charge on any atom is -0.352 e. The van der Waals surface area contributed by atoms with Crippen LogP contribution in [-0.2, 0) is 33.2 Å². The van der Waals surface area contributed by atoms with E-state index in [2.05, 4.69) is 15.6 Å². The summed E-state index contributed by atoms with van der Waals surface area (Å²) in [4.78, 5) is 30.5. The number of aryl methyl sites for hydroxylation is 2. The number of piperidine rings is 1. The SMILES string of the molecule is Cc1nc(S(=O)(=O)N2CCC(C(=O)NCc3cccc(NC(=O)CN(C)C)c3)CC2)cn1C. The number of carbonyl (C=O) groups excluding carboxylic acids is 2. The quantitative estimate of drug-likeness (QED) is 0.586. The van der Waals surface area contributed by atoms with Gasteiger partial charge in [-0.1, -0.05) is 12.1 Å². The number of anilines is 1. The fourth-order valence-corrected chi connectivity index (χ4v) is 5.22. The monoisotopic (exact) mass is 476 g/mol. The fraction of sp³-hybridized carbons (Fsp3) is 0.500. The zero-order valence-corrected chi connectivity index (χ0v) is 20.4. The van der Waals surface area contributed by atoms with Crippen LogP contribution in [0.4, 0.5) is 5.69 Å². The van der Waals surface area contributed by atoms with Gasteiger partial charge in [0.1, 0.15) is 5.82 Å². The molecule has 10 nitrogen and oxygen atoms in total. The van der Waals surface area contributed by atoms with Gasteiger partial charge in [0.15, 0.2) is 5.03 Å². The highest BCUT2D eigenvalue weighted by molar-refractivity contribution is 7.89. The number of hydrogen-bond donors (Lipinski definition) is 2. The number of amides is 2. The molecule has 1 aromatic heterocycles. The van der Waals surface area contributed by atoms with Gasteiger partial charge in [0.05, 0.1) is 6.54 Å². The van der Waals surface area contributed by atoms with Gasteiger partial charge < -0.3 is 20.1 Å². The van der Waals surface area contributed by atoms with E-state index in [1.165, 1.54) is 10.5 Å². The molecule has 1 fully saturated rings. The van der Waals surface area contributed by atoms with Gasteiger partial charge in [-0.2, -0.15) is 4.31 Å². The van der Waals surface area contributed by atoms with Crippen LogP contribution in [0.1, 0.15) is 24.2 Å². The van der Waals surface area contributed by atoms with Crippen LogP contribution < -0.4 is 10.6 Å². The molecule has 1 saturated heterocycles. The van der Waals surface area contributed by atoms with Gasteiger partial charge in [-0.25, -0.2) is 13.4 Å². The van der Waals surface area contributed by atoms with Crippen molar-refractivity contribution in [2.45, 2.75) is 31.3 Å². The number of nitrogens with one attached hydrogen (secondary N) is 2. The van der Waals surface area contributed by atoms with E-state index in [0.29, 0.717) is 30.9 Å². The number of nitrogens with zero attached hydrogens (tertiary/aromatic N) is 4. The summed E-state index contributed by atoms with van der Waals surface area (Å²) in [6, 6.07) is 7.34. The Balaban J connectivity index is 1.51. The molecule has 3 rings (SSSR count). The molecule has 0 radical (unpaired) electrons. The lowest BCUT2D eigenvalue weighted by Gasteiger charge is -2.30. The van der Waals surface area contributed by atoms with E-state index >= 15 is 0 Å². The van der Waals surface area contributed by atoms with Crippen molar-refractivity contribution < 1.29 is 18.0 Å². The highest BCUT2D eigenvalue weighted by atomic mass is 32.2. The van der Waals surface area contributed by atoms with Crippen molar-refractivity contribution in [1.29, 1.82) is 0 Å². The second-order valence-electron chi connectivity index (χ2n) is 8.62. The van der Waals surface area contributed by atoms with Gasteiger partial charge in [0, 0.05) is 44.5 Å². The van der Waals surface area contributed by atoms with Crippen LogP contribution in [0, 0.1) is 12.8 Å².